The second kappa shape index (κ2) is 8.51. The monoisotopic (exact) mass is 418 g/mol. The molecule has 1 saturated heterocycles. The molecule has 1 heterocycles. The van der Waals surface area contributed by atoms with E-state index >= 15 is 0 Å². The molecule has 0 N–H and O–H groups in total. The van der Waals surface area contributed by atoms with E-state index in [0.29, 0.717) is 20.1 Å². The number of halogens is 2. The predicted octanol–water partition coefficient (Wildman–Crippen LogP) is 6.70. The first-order valence-electron chi connectivity index (χ1n) is 8.72. The van der Waals surface area contributed by atoms with E-state index < -0.39 is 0 Å². The zero-order valence-electron chi connectivity index (χ0n) is 15.4. The number of amides is 1. The van der Waals surface area contributed by atoms with Gasteiger partial charge >= 0.3 is 0 Å². The lowest BCUT2D eigenvalue weighted by Gasteiger charge is -2.22. The quantitative estimate of drug-likeness (QED) is 0.517. The summed E-state index contributed by atoms with van der Waals surface area (Å²) in [7, 11) is 0. The molecule has 0 radical (unpaired) electrons. The molecular formula is C21H20Cl2N2OS. The SMILES string of the molecule is CC[C@@H](C)N1C(=O)/C(=C\c2ccc(Cl)cc2Cl)SC1=Nc1ccc(C)cc1. The first kappa shape index (κ1) is 20.0. The maximum Gasteiger partial charge on any atom is 0.267 e. The van der Waals surface area contributed by atoms with Gasteiger partial charge in [0.25, 0.3) is 5.91 Å². The van der Waals surface area contributed by atoms with Crippen molar-refractivity contribution >= 4 is 57.8 Å². The van der Waals surface area contributed by atoms with Crippen LogP contribution in [-0.2, 0) is 4.79 Å². The molecule has 2 aromatic rings. The number of carbonyl (C=O) groups excluding carboxylic acids is 1. The summed E-state index contributed by atoms with van der Waals surface area (Å²) in [6.07, 6.45) is 2.65. The first-order chi connectivity index (χ1) is 12.9. The summed E-state index contributed by atoms with van der Waals surface area (Å²) in [5.41, 5.74) is 2.76. The fourth-order valence-corrected chi connectivity index (χ4v) is 4.17. The summed E-state index contributed by atoms with van der Waals surface area (Å²) in [4.78, 5) is 20.1. The van der Waals surface area contributed by atoms with Crippen LogP contribution in [0.1, 0.15) is 31.4 Å². The van der Waals surface area contributed by atoms with Crippen molar-refractivity contribution in [1.29, 1.82) is 0 Å². The van der Waals surface area contributed by atoms with Crippen LogP contribution >= 0.6 is 35.0 Å². The molecule has 140 valence electrons. The Balaban J connectivity index is 2.00. The lowest BCUT2D eigenvalue weighted by molar-refractivity contribution is -0.123. The van der Waals surface area contributed by atoms with Gasteiger partial charge in [0.1, 0.15) is 0 Å². The largest absolute Gasteiger partial charge is 0.284 e. The highest BCUT2D eigenvalue weighted by Gasteiger charge is 2.36. The van der Waals surface area contributed by atoms with Gasteiger partial charge < -0.3 is 0 Å². The van der Waals surface area contributed by atoms with Crippen LogP contribution < -0.4 is 0 Å². The highest BCUT2D eigenvalue weighted by Crippen LogP contribution is 2.37. The summed E-state index contributed by atoms with van der Waals surface area (Å²) in [6.45, 7) is 6.12. The first-order valence-corrected chi connectivity index (χ1v) is 10.3. The van der Waals surface area contributed by atoms with Gasteiger partial charge in [0.2, 0.25) is 0 Å². The molecule has 1 amide bonds. The second-order valence-electron chi connectivity index (χ2n) is 6.44. The number of benzene rings is 2. The maximum absolute atomic E-state index is 13.0. The Hall–Kier alpha value is -1.75. The molecule has 2 aromatic carbocycles. The molecule has 0 unspecified atom stereocenters. The molecule has 3 nitrogen and oxygen atoms in total. The third kappa shape index (κ3) is 4.57. The van der Waals surface area contributed by atoms with Crippen LogP contribution in [0, 0.1) is 6.92 Å². The van der Waals surface area contributed by atoms with Crippen molar-refractivity contribution in [2.75, 3.05) is 0 Å². The van der Waals surface area contributed by atoms with E-state index in [4.69, 9.17) is 28.2 Å². The van der Waals surface area contributed by atoms with Crippen molar-refractivity contribution in [3.05, 3.63) is 68.5 Å². The highest BCUT2D eigenvalue weighted by molar-refractivity contribution is 8.18. The molecule has 1 aliphatic rings. The van der Waals surface area contributed by atoms with Crippen LogP contribution in [0.2, 0.25) is 10.0 Å². The molecule has 1 fully saturated rings. The van der Waals surface area contributed by atoms with Gasteiger partial charge in [-0.25, -0.2) is 4.99 Å². The van der Waals surface area contributed by atoms with E-state index in [-0.39, 0.29) is 11.9 Å². The number of nitrogens with zero attached hydrogens (tertiary/aromatic N) is 2. The van der Waals surface area contributed by atoms with Crippen LogP contribution in [-0.4, -0.2) is 22.0 Å². The van der Waals surface area contributed by atoms with Crippen LogP contribution in [0.25, 0.3) is 6.08 Å². The van der Waals surface area contributed by atoms with Crippen molar-refractivity contribution in [3.8, 4) is 0 Å². The summed E-state index contributed by atoms with van der Waals surface area (Å²) < 4.78 is 0. The molecule has 6 heteroatoms. The maximum atomic E-state index is 13.0. The van der Waals surface area contributed by atoms with Gasteiger partial charge in [-0.2, -0.15) is 0 Å². The van der Waals surface area contributed by atoms with E-state index in [2.05, 4.69) is 6.92 Å². The van der Waals surface area contributed by atoms with E-state index in [1.807, 2.05) is 44.2 Å². The smallest absolute Gasteiger partial charge is 0.267 e. The van der Waals surface area contributed by atoms with Gasteiger partial charge in [-0.1, -0.05) is 53.9 Å². The van der Waals surface area contributed by atoms with Crippen molar-refractivity contribution in [2.24, 2.45) is 4.99 Å². The van der Waals surface area contributed by atoms with Gasteiger partial charge in [-0.05, 0) is 67.9 Å². The van der Waals surface area contributed by atoms with E-state index in [9.17, 15) is 4.79 Å². The van der Waals surface area contributed by atoms with Gasteiger partial charge in [0, 0.05) is 16.1 Å². The predicted molar refractivity (Wildman–Crippen MR) is 117 cm³/mol. The highest BCUT2D eigenvalue weighted by atomic mass is 35.5. The third-order valence-electron chi connectivity index (χ3n) is 4.38. The third-order valence-corrected chi connectivity index (χ3v) is 5.92. The topological polar surface area (TPSA) is 32.7 Å². The van der Waals surface area contributed by atoms with Gasteiger partial charge in [-0.15, -0.1) is 0 Å². The minimum absolute atomic E-state index is 0.0498. The number of carbonyl (C=O) groups is 1. The fourth-order valence-electron chi connectivity index (χ4n) is 2.63. The summed E-state index contributed by atoms with van der Waals surface area (Å²) >= 11 is 13.6. The zero-order chi connectivity index (χ0) is 19.6. The van der Waals surface area contributed by atoms with Crippen molar-refractivity contribution in [1.82, 2.24) is 4.90 Å². The second-order valence-corrected chi connectivity index (χ2v) is 8.29. The molecule has 1 aliphatic heterocycles. The van der Waals surface area contributed by atoms with Crippen LogP contribution in [0.4, 0.5) is 5.69 Å². The number of thioether (sulfide) groups is 1. The van der Waals surface area contributed by atoms with Crippen molar-refractivity contribution in [2.45, 2.75) is 33.2 Å². The minimum atomic E-state index is -0.0498. The summed E-state index contributed by atoms with van der Waals surface area (Å²) in [5.74, 6) is -0.0498. The van der Waals surface area contributed by atoms with Crippen LogP contribution in [0.15, 0.2) is 52.4 Å². The molecule has 3 rings (SSSR count). The van der Waals surface area contributed by atoms with Crippen molar-refractivity contribution in [3.63, 3.8) is 0 Å². The lowest BCUT2D eigenvalue weighted by Crippen LogP contribution is -2.36. The molecule has 0 saturated carbocycles. The zero-order valence-corrected chi connectivity index (χ0v) is 17.7. The molecule has 1 atom stereocenters. The number of aryl methyl sites for hydroxylation is 1. The van der Waals surface area contributed by atoms with Gasteiger partial charge in [0.15, 0.2) is 5.17 Å². The van der Waals surface area contributed by atoms with Crippen LogP contribution in [0.3, 0.4) is 0 Å². The number of hydrogen-bond acceptors (Lipinski definition) is 3. The Kier molecular flexibility index (Phi) is 6.30. The number of rotatable bonds is 4. The number of aliphatic imine (C=N–C) groups is 1. The summed E-state index contributed by atoms with van der Waals surface area (Å²) in [5, 5.41) is 1.77. The van der Waals surface area contributed by atoms with Crippen molar-refractivity contribution < 1.29 is 4.79 Å². The molecule has 0 aromatic heterocycles. The Morgan fingerprint density at radius 3 is 2.52 bits per heavy atom. The summed E-state index contributed by atoms with van der Waals surface area (Å²) in [6, 6.07) is 13.2. The Labute approximate surface area is 174 Å². The van der Waals surface area contributed by atoms with Crippen LogP contribution in [0.5, 0.6) is 0 Å². The van der Waals surface area contributed by atoms with E-state index in [0.717, 1.165) is 17.7 Å². The van der Waals surface area contributed by atoms with E-state index in [1.54, 1.807) is 23.1 Å². The Morgan fingerprint density at radius 2 is 1.89 bits per heavy atom. The fraction of sp³-hybridized carbons (Fsp3) is 0.238. The number of hydrogen-bond donors (Lipinski definition) is 0. The molecular weight excluding hydrogens is 399 g/mol. The number of amidine groups is 1. The van der Waals surface area contributed by atoms with E-state index in [1.165, 1.54) is 17.3 Å². The average molecular weight is 419 g/mol. The Bertz CT molecular complexity index is 922. The molecule has 0 spiro atoms. The standard InChI is InChI=1S/C21H20Cl2N2OS/c1-4-14(3)25-20(26)19(11-15-7-8-16(22)12-18(15)23)27-21(25)24-17-9-5-13(2)6-10-17/h5-12,14H,4H2,1-3H3/b19-11+,24-21?/t14-/m1/s1. The lowest BCUT2D eigenvalue weighted by atomic mass is 10.2. The molecule has 27 heavy (non-hydrogen) atoms. The van der Waals surface area contributed by atoms with Gasteiger partial charge in [0.05, 0.1) is 10.6 Å². The minimum Gasteiger partial charge on any atom is -0.284 e. The normalized spacial score (nSPS) is 18.6. The van der Waals surface area contributed by atoms with Gasteiger partial charge in [-0.3, -0.25) is 9.69 Å². The Morgan fingerprint density at radius 1 is 1.19 bits per heavy atom. The molecule has 0 aliphatic carbocycles. The molecule has 0 bridgehead atoms. The average Bonchev–Trinajstić information content (AvgIpc) is 2.94.